The monoisotopic (exact) mass is 226 g/mol. The van der Waals surface area contributed by atoms with E-state index in [1.54, 1.807) is 14.2 Å². The van der Waals surface area contributed by atoms with E-state index >= 15 is 0 Å². The van der Waals surface area contributed by atoms with Gasteiger partial charge in [0.05, 0.1) is 23.9 Å². The number of fused-ring (bicyclic) bond motifs is 1. The summed E-state index contributed by atoms with van der Waals surface area (Å²) in [5, 5.41) is 0. The van der Waals surface area contributed by atoms with Gasteiger partial charge in [-0.15, -0.1) is 0 Å². The topological polar surface area (TPSA) is 27.7 Å². The number of ether oxygens (including phenoxy) is 3. The van der Waals surface area contributed by atoms with Gasteiger partial charge in [0, 0.05) is 26.6 Å². The minimum atomic E-state index is -0.140. The predicted octanol–water partition coefficient (Wildman–Crippen LogP) is 2.16. The van der Waals surface area contributed by atoms with E-state index in [0.717, 1.165) is 12.8 Å². The second-order valence-electron chi connectivity index (χ2n) is 5.30. The molecule has 92 valence electrons. The Labute approximate surface area is 97.8 Å². The Morgan fingerprint density at radius 1 is 1.12 bits per heavy atom. The molecule has 1 fully saturated rings. The molecule has 0 aromatic rings. The van der Waals surface area contributed by atoms with E-state index in [0.29, 0.717) is 5.92 Å². The summed E-state index contributed by atoms with van der Waals surface area (Å²) in [6.07, 6.45) is 6.99. The molecule has 16 heavy (non-hydrogen) atoms. The van der Waals surface area contributed by atoms with Crippen molar-refractivity contribution in [2.24, 2.45) is 5.92 Å². The van der Waals surface area contributed by atoms with Gasteiger partial charge < -0.3 is 14.2 Å². The Morgan fingerprint density at radius 2 is 1.75 bits per heavy atom. The summed E-state index contributed by atoms with van der Waals surface area (Å²) in [6.45, 7) is 4.20. The first-order chi connectivity index (χ1) is 7.55. The lowest BCUT2D eigenvalue weighted by Crippen LogP contribution is -2.48. The van der Waals surface area contributed by atoms with E-state index in [-0.39, 0.29) is 23.9 Å². The summed E-state index contributed by atoms with van der Waals surface area (Å²) in [5.41, 5.74) is -0.140. The lowest BCUT2D eigenvalue weighted by atomic mass is 9.80. The van der Waals surface area contributed by atoms with Crippen LogP contribution in [0, 0.1) is 5.92 Å². The fraction of sp³-hybridized carbons (Fsp3) is 0.846. The molecule has 1 aliphatic heterocycles. The molecule has 2 aliphatic rings. The summed E-state index contributed by atoms with van der Waals surface area (Å²) in [4.78, 5) is 0. The fourth-order valence-corrected chi connectivity index (χ4v) is 2.75. The molecular weight excluding hydrogens is 204 g/mol. The van der Waals surface area contributed by atoms with Crippen LogP contribution in [-0.2, 0) is 14.2 Å². The van der Waals surface area contributed by atoms with Crippen LogP contribution in [-0.4, -0.2) is 38.1 Å². The quantitative estimate of drug-likeness (QED) is 0.675. The second-order valence-corrected chi connectivity index (χ2v) is 5.30. The van der Waals surface area contributed by atoms with Gasteiger partial charge in [0.15, 0.2) is 0 Å². The van der Waals surface area contributed by atoms with Crippen molar-refractivity contribution in [2.75, 3.05) is 14.2 Å². The summed E-state index contributed by atoms with van der Waals surface area (Å²) in [6, 6.07) is 0. The van der Waals surface area contributed by atoms with Gasteiger partial charge in [-0.3, -0.25) is 0 Å². The molecule has 0 N–H and O–H groups in total. The normalized spacial score (nSPS) is 41.8. The van der Waals surface area contributed by atoms with E-state index in [2.05, 4.69) is 26.0 Å². The Morgan fingerprint density at radius 3 is 2.38 bits per heavy atom. The molecule has 1 aliphatic carbocycles. The third kappa shape index (κ3) is 2.31. The van der Waals surface area contributed by atoms with Gasteiger partial charge in [0.25, 0.3) is 0 Å². The van der Waals surface area contributed by atoms with Crippen molar-refractivity contribution in [1.29, 1.82) is 0 Å². The van der Waals surface area contributed by atoms with Gasteiger partial charge in [0.1, 0.15) is 0 Å². The molecule has 0 aromatic heterocycles. The van der Waals surface area contributed by atoms with Gasteiger partial charge in [-0.05, 0) is 20.3 Å². The first-order valence-electron chi connectivity index (χ1n) is 5.98. The van der Waals surface area contributed by atoms with Gasteiger partial charge >= 0.3 is 0 Å². The van der Waals surface area contributed by atoms with Crippen LogP contribution in [0.25, 0.3) is 0 Å². The zero-order chi connectivity index (χ0) is 11.8. The molecule has 0 saturated heterocycles. The maximum atomic E-state index is 6.08. The largest absolute Gasteiger partial charge is 0.379 e. The molecule has 0 amide bonds. The average Bonchev–Trinajstić information content (AvgIpc) is 2.26. The molecule has 4 unspecified atom stereocenters. The highest BCUT2D eigenvalue weighted by molar-refractivity contribution is 5.09. The van der Waals surface area contributed by atoms with E-state index < -0.39 is 0 Å². The molecule has 0 spiro atoms. The minimum Gasteiger partial charge on any atom is -0.379 e. The van der Waals surface area contributed by atoms with E-state index in [1.807, 2.05) is 0 Å². The molecule has 3 heteroatoms. The van der Waals surface area contributed by atoms with Gasteiger partial charge in [-0.1, -0.05) is 12.2 Å². The smallest absolute Gasteiger partial charge is 0.0857 e. The van der Waals surface area contributed by atoms with Crippen LogP contribution < -0.4 is 0 Å². The third-order valence-electron chi connectivity index (χ3n) is 3.67. The van der Waals surface area contributed by atoms with Gasteiger partial charge in [0.2, 0.25) is 0 Å². The van der Waals surface area contributed by atoms with Crippen molar-refractivity contribution in [3.8, 4) is 0 Å². The SMILES string of the molecule is COC1CC2C=CC(C)(C)OC2CC1OC. The van der Waals surface area contributed by atoms with Crippen molar-refractivity contribution in [3.05, 3.63) is 12.2 Å². The Hall–Kier alpha value is -0.380. The maximum absolute atomic E-state index is 6.08. The highest BCUT2D eigenvalue weighted by Gasteiger charge is 2.41. The molecule has 1 heterocycles. The summed E-state index contributed by atoms with van der Waals surface area (Å²) in [7, 11) is 3.51. The molecule has 2 rings (SSSR count). The Balaban J connectivity index is 2.10. The lowest BCUT2D eigenvalue weighted by Gasteiger charge is -2.44. The summed E-state index contributed by atoms with van der Waals surface area (Å²) < 4.78 is 17.0. The molecule has 1 saturated carbocycles. The predicted molar refractivity (Wildman–Crippen MR) is 62.4 cm³/mol. The van der Waals surface area contributed by atoms with Crippen LogP contribution in [0.3, 0.4) is 0 Å². The first-order valence-corrected chi connectivity index (χ1v) is 5.98. The van der Waals surface area contributed by atoms with Crippen LogP contribution in [0.1, 0.15) is 26.7 Å². The molecule has 0 bridgehead atoms. The van der Waals surface area contributed by atoms with Crippen LogP contribution >= 0.6 is 0 Å². The number of hydrogen-bond acceptors (Lipinski definition) is 3. The van der Waals surface area contributed by atoms with Crippen molar-refractivity contribution in [1.82, 2.24) is 0 Å². The number of methoxy groups -OCH3 is 2. The van der Waals surface area contributed by atoms with Crippen LogP contribution in [0.4, 0.5) is 0 Å². The van der Waals surface area contributed by atoms with Crippen molar-refractivity contribution >= 4 is 0 Å². The van der Waals surface area contributed by atoms with Crippen molar-refractivity contribution in [3.63, 3.8) is 0 Å². The lowest BCUT2D eigenvalue weighted by molar-refractivity contribution is -0.149. The van der Waals surface area contributed by atoms with Crippen molar-refractivity contribution in [2.45, 2.75) is 50.6 Å². The average molecular weight is 226 g/mol. The third-order valence-corrected chi connectivity index (χ3v) is 3.67. The van der Waals surface area contributed by atoms with Crippen LogP contribution in [0.15, 0.2) is 12.2 Å². The van der Waals surface area contributed by atoms with Gasteiger partial charge in [-0.25, -0.2) is 0 Å². The first kappa shape index (κ1) is 12.1. The standard InChI is InChI=1S/C13H22O3/c1-13(2)6-5-9-7-11(14-3)12(15-4)8-10(9)16-13/h5-6,9-12H,7-8H2,1-4H3. The van der Waals surface area contributed by atoms with Gasteiger partial charge in [-0.2, -0.15) is 0 Å². The molecular formula is C13H22O3. The Bertz CT molecular complexity index is 272. The number of hydrogen-bond donors (Lipinski definition) is 0. The molecule has 0 radical (unpaired) electrons. The molecule has 0 aromatic carbocycles. The Kier molecular flexibility index (Phi) is 3.38. The maximum Gasteiger partial charge on any atom is 0.0857 e. The summed E-state index contributed by atoms with van der Waals surface area (Å²) in [5.74, 6) is 0.476. The zero-order valence-corrected chi connectivity index (χ0v) is 10.6. The molecule has 3 nitrogen and oxygen atoms in total. The summed E-state index contributed by atoms with van der Waals surface area (Å²) >= 11 is 0. The zero-order valence-electron chi connectivity index (χ0n) is 10.6. The van der Waals surface area contributed by atoms with E-state index in [1.165, 1.54) is 0 Å². The fourth-order valence-electron chi connectivity index (χ4n) is 2.75. The highest BCUT2D eigenvalue weighted by Crippen LogP contribution is 2.37. The van der Waals surface area contributed by atoms with E-state index in [4.69, 9.17) is 14.2 Å². The van der Waals surface area contributed by atoms with Crippen LogP contribution in [0.5, 0.6) is 0 Å². The highest BCUT2D eigenvalue weighted by atomic mass is 16.5. The second kappa shape index (κ2) is 4.47. The van der Waals surface area contributed by atoms with Crippen molar-refractivity contribution < 1.29 is 14.2 Å². The minimum absolute atomic E-state index is 0.140. The number of rotatable bonds is 2. The van der Waals surface area contributed by atoms with Crippen LogP contribution in [0.2, 0.25) is 0 Å². The molecule has 4 atom stereocenters. The van der Waals surface area contributed by atoms with E-state index in [9.17, 15) is 0 Å².